The van der Waals surface area contributed by atoms with Gasteiger partial charge in [0.2, 0.25) is 5.16 Å². The molecular weight excluding hydrogens is 252 g/mol. The molecule has 1 unspecified atom stereocenters. The summed E-state index contributed by atoms with van der Waals surface area (Å²) in [5.74, 6) is 1.10. The summed E-state index contributed by atoms with van der Waals surface area (Å²) < 4.78 is 7.37. The third-order valence-corrected chi connectivity index (χ3v) is 3.85. The quantitative estimate of drug-likeness (QED) is 0.549. The summed E-state index contributed by atoms with van der Waals surface area (Å²) in [5, 5.41) is 12.5. The minimum atomic E-state index is 0.231. The molecule has 0 N–H and O–H groups in total. The molecule has 6 nitrogen and oxygen atoms in total. The molecule has 0 spiro atoms. The van der Waals surface area contributed by atoms with E-state index in [1.165, 1.54) is 0 Å². The largest absolute Gasteiger partial charge is 0.376 e. The molecule has 2 rings (SSSR count). The second kappa shape index (κ2) is 6.84. The number of rotatable bonds is 7. The van der Waals surface area contributed by atoms with Gasteiger partial charge in [0, 0.05) is 18.8 Å². The van der Waals surface area contributed by atoms with E-state index in [1.807, 2.05) is 0 Å². The van der Waals surface area contributed by atoms with Crippen LogP contribution >= 0.6 is 11.8 Å². The van der Waals surface area contributed by atoms with Gasteiger partial charge in [-0.15, -0.1) is 5.10 Å². The lowest BCUT2D eigenvalue weighted by molar-refractivity contribution is -0.117. The molecule has 0 aromatic carbocycles. The molecule has 0 aliphatic carbocycles. The summed E-state index contributed by atoms with van der Waals surface area (Å²) in [6.45, 7) is 3.18. The maximum absolute atomic E-state index is 10.8. The minimum absolute atomic E-state index is 0.231. The molecule has 1 aliphatic rings. The molecule has 18 heavy (non-hydrogen) atoms. The van der Waals surface area contributed by atoms with E-state index in [2.05, 4.69) is 15.5 Å². The minimum Gasteiger partial charge on any atom is -0.376 e. The van der Waals surface area contributed by atoms with Gasteiger partial charge in [-0.25, -0.2) is 4.68 Å². The predicted molar refractivity (Wildman–Crippen MR) is 67.4 cm³/mol. The number of nitrogens with zero attached hydrogens (tertiary/aromatic N) is 4. The zero-order valence-corrected chi connectivity index (χ0v) is 11.4. The number of aromatic nitrogens is 4. The molecule has 0 radical (unpaired) electrons. The van der Waals surface area contributed by atoms with Crippen molar-refractivity contribution in [3.8, 4) is 0 Å². The van der Waals surface area contributed by atoms with E-state index in [9.17, 15) is 4.79 Å². The summed E-state index contributed by atoms with van der Waals surface area (Å²) in [4.78, 5) is 10.8. The van der Waals surface area contributed by atoms with Crippen LogP contribution in [0.3, 0.4) is 0 Å². The molecule has 1 aliphatic heterocycles. The van der Waals surface area contributed by atoms with Crippen molar-refractivity contribution >= 4 is 17.5 Å². The molecule has 1 atom stereocenters. The average molecular weight is 270 g/mol. The predicted octanol–water partition coefficient (Wildman–Crippen LogP) is 1.31. The molecule has 1 fully saturated rings. The van der Waals surface area contributed by atoms with Gasteiger partial charge in [-0.1, -0.05) is 11.8 Å². The third-order valence-electron chi connectivity index (χ3n) is 2.80. The fraction of sp³-hybridized carbons (Fsp3) is 0.818. The Morgan fingerprint density at radius 3 is 3.22 bits per heavy atom. The Morgan fingerprint density at radius 2 is 2.50 bits per heavy atom. The monoisotopic (exact) mass is 270 g/mol. The average Bonchev–Trinajstić information content (AvgIpc) is 2.97. The van der Waals surface area contributed by atoms with Crippen molar-refractivity contribution < 1.29 is 9.53 Å². The van der Waals surface area contributed by atoms with Crippen LogP contribution < -0.4 is 0 Å². The lowest BCUT2D eigenvalue weighted by Gasteiger charge is -2.09. The van der Waals surface area contributed by atoms with Gasteiger partial charge in [0.25, 0.3) is 0 Å². The van der Waals surface area contributed by atoms with Crippen molar-refractivity contribution in [3.63, 3.8) is 0 Å². The smallest absolute Gasteiger partial charge is 0.209 e. The van der Waals surface area contributed by atoms with Crippen molar-refractivity contribution in [2.45, 2.75) is 50.4 Å². The van der Waals surface area contributed by atoms with Crippen LogP contribution in [0, 0.1) is 0 Å². The summed E-state index contributed by atoms with van der Waals surface area (Å²) in [6.07, 6.45) is 3.93. The van der Waals surface area contributed by atoms with Gasteiger partial charge in [-0.3, -0.25) is 0 Å². The Balaban J connectivity index is 1.77. The molecule has 2 heterocycles. The van der Waals surface area contributed by atoms with Crippen molar-refractivity contribution in [2.24, 2.45) is 0 Å². The molecule has 1 saturated heterocycles. The van der Waals surface area contributed by atoms with Gasteiger partial charge in [0.1, 0.15) is 5.78 Å². The fourth-order valence-electron chi connectivity index (χ4n) is 1.88. The van der Waals surface area contributed by atoms with Crippen molar-refractivity contribution in [1.82, 2.24) is 20.2 Å². The van der Waals surface area contributed by atoms with Crippen molar-refractivity contribution in [2.75, 3.05) is 12.4 Å². The maximum Gasteiger partial charge on any atom is 0.209 e. The highest BCUT2D eigenvalue weighted by molar-refractivity contribution is 7.99. The summed E-state index contributed by atoms with van der Waals surface area (Å²) >= 11 is 1.60. The number of thioether (sulfide) groups is 1. The standard InChI is InChI=1S/C11H18N4O2S/c1-9(16)4-3-7-18-11-12-13-14-15(11)8-10-5-2-6-17-10/h10H,2-8H2,1H3. The molecule has 1 aromatic rings. The van der Waals surface area contributed by atoms with E-state index in [0.29, 0.717) is 6.42 Å². The topological polar surface area (TPSA) is 69.9 Å². The highest BCUT2D eigenvalue weighted by Crippen LogP contribution is 2.19. The van der Waals surface area contributed by atoms with E-state index in [0.717, 1.165) is 43.3 Å². The number of tetrazole rings is 1. The Morgan fingerprint density at radius 1 is 1.61 bits per heavy atom. The number of hydrogen-bond donors (Lipinski definition) is 0. The maximum atomic E-state index is 10.8. The van der Waals surface area contributed by atoms with Crippen LogP contribution in [0.25, 0.3) is 0 Å². The van der Waals surface area contributed by atoms with Gasteiger partial charge >= 0.3 is 0 Å². The van der Waals surface area contributed by atoms with Crippen molar-refractivity contribution in [3.05, 3.63) is 0 Å². The van der Waals surface area contributed by atoms with E-state index in [1.54, 1.807) is 23.4 Å². The lowest BCUT2D eigenvalue weighted by Crippen LogP contribution is -2.16. The highest BCUT2D eigenvalue weighted by atomic mass is 32.2. The van der Waals surface area contributed by atoms with Crippen LogP contribution in [-0.4, -0.2) is 44.5 Å². The van der Waals surface area contributed by atoms with E-state index >= 15 is 0 Å². The van der Waals surface area contributed by atoms with Crippen LogP contribution in [-0.2, 0) is 16.1 Å². The molecule has 100 valence electrons. The third kappa shape index (κ3) is 4.06. The Kier molecular flexibility index (Phi) is 5.12. The summed E-state index contributed by atoms with van der Waals surface area (Å²) in [5.41, 5.74) is 0. The van der Waals surface area contributed by atoms with Gasteiger partial charge in [-0.2, -0.15) is 0 Å². The van der Waals surface area contributed by atoms with Crippen molar-refractivity contribution in [1.29, 1.82) is 0 Å². The second-order valence-electron chi connectivity index (χ2n) is 4.43. The van der Waals surface area contributed by atoms with Crippen LogP contribution in [0.15, 0.2) is 5.16 Å². The van der Waals surface area contributed by atoms with Crippen LogP contribution in [0.1, 0.15) is 32.6 Å². The molecule has 0 saturated carbocycles. The molecule has 0 amide bonds. The lowest BCUT2D eigenvalue weighted by atomic mass is 10.2. The Labute approximate surface area is 110 Å². The molecular formula is C11H18N4O2S. The van der Waals surface area contributed by atoms with Gasteiger partial charge < -0.3 is 9.53 Å². The number of ketones is 1. The molecule has 7 heteroatoms. The number of carbonyl (C=O) groups excluding carboxylic acids is 1. The van der Waals surface area contributed by atoms with E-state index in [-0.39, 0.29) is 11.9 Å². The first-order valence-corrected chi connectivity index (χ1v) is 7.24. The Hall–Kier alpha value is -0.950. The fourth-order valence-corrected chi connectivity index (χ4v) is 2.71. The van der Waals surface area contributed by atoms with E-state index < -0.39 is 0 Å². The molecule has 1 aromatic heterocycles. The van der Waals surface area contributed by atoms with E-state index in [4.69, 9.17) is 4.74 Å². The number of Topliss-reactive ketones (excluding diaryl/α,β-unsaturated/α-hetero) is 1. The Bertz CT molecular complexity index is 390. The van der Waals surface area contributed by atoms with Crippen LogP contribution in [0.5, 0.6) is 0 Å². The normalized spacial score (nSPS) is 19.3. The van der Waals surface area contributed by atoms with Crippen LogP contribution in [0.2, 0.25) is 0 Å². The second-order valence-corrected chi connectivity index (χ2v) is 5.49. The van der Waals surface area contributed by atoms with Gasteiger partial charge in [0.15, 0.2) is 0 Å². The SMILES string of the molecule is CC(=O)CCCSc1nnnn1CC1CCCO1. The first kappa shape index (κ1) is 13.5. The number of ether oxygens (including phenoxy) is 1. The van der Waals surface area contributed by atoms with Gasteiger partial charge in [0.05, 0.1) is 12.6 Å². The summed E-state index contributed by atoms with van der Waals surface area (Å²) in [6, 6.07) is 0. The zero-order valence-electron chi connectivity index (χ0n) is 10.5. The first-order valence-electron chi connectivity index (χ1n) is 6.25. The van der Waals surface area contributed by atoms with Gasteiger partial charge in [-0.05, 0) is 36.6 Å². The number of hydrogen-bond acceptors (Lipinski definition) is 6. The molecule has 0 bridgehead atoms. The van der Waals surface area contributed by atoms with Crippen LogP contribution in [0.4, 0.5) is 0 Å². The number of carbonyl (C=O) groups is 1. The summed E-state index contributed by atoms with van der Waals surface area (Å²) in [7, 11) is 0. The first-order chi connectivity index (χ1) is 8.75. The highest BCUT2D eigenvalue weighted by Gasteiger charge is 2.18. The zero-order chi connectivity index (χ0) is 12.8.